The van der Waals surface area contributed by atoms with E-state index < -0.39 is 0 Å². The number of carbonyl (C=O) groups excluding carboxylic acids is 1. The summed E-state index contributed by atoms with van der Waals surface area (Å²) in [5, 5.41) is 6.51. The lowest BCUT2D eigenvalue weighted by Crippen LogP contribution is -2.48. The highest BCUT2D eigenvalue weighted by Crippen LogP contribution is 2.33. The summed E-state index contributed by atoms with van der Waals surface area (Å²) in [6.07, 6.45) is 4.07. The maximum atomic E-state index is 12.7. The molecule has 1 aliphatic heterocycles. The molecule has 4 heteroatoms. The largest absolute Gasteiger partial charge is 0.326 e. The van der Waals surface area contributed by atoms with Gasteiger partial charge in [0.25, 0.3) is 0 Å². The van der Waals surface area contributed by atoms with Crippen LogP contribution in [-0.4, -0.2) is 19.0 Å². The molecule has 0 saturated carbocycles. The number of rotatable bonds is 4. The van der Waals surface area contributed by atoms with Crippen LogP contribution in [0, 0.1) is 15.9 Å². The predicted octanol–water partition coefficient (Wildman–Crippen LogP) is 3.71. The first-order valence-electron chi connectivity index (χ1n) is 7.36. The minimum atomic E-state index is -0.233. The standard InChI is InChI=1S/C16H23IN2O/c1-3-7-16(8-4-9-18-11-16)15(20)19-13-6-5-12(2)14(17)10-13/h5-6,10,18H,3-4,7-9,11H2,1-2H3,(H,19,20). The number of amides is 1. The first-order valence-corrected chi connectivity index (χ1v) is 8.43. The van der Waals surface area contributed by atoms with Crippen LogP contribution in [0.25, 0.3) is 0 Å². The number of aryl methyl sites for hydroxylation is 1. The second-order valence-electron chi connectivity index (χ2n) is 5.73. The normalized spacial score (nSPS) is 22.6. The van der Waals surface area contributed by atoms with Crippen LogP contribution in [0.15, 0.2) is 18.2 Å². The second kappa shape index (κ2) is 6.89. The third-order valence-electron chi connectivity index (χ3n) is 4.11. The summed E-state index contributed by atoms with van der Waals surface area (Å²) in [4.78, 5) is 12.7. The highest BCUT2D eigenvalue weighted by molar-refractivity contribution is 14.1. The van der Waals surface area contributed by atoms with E-state index in [1.165, 1.54) is 9.13 Å². The van der Waals surface area contributed by atoms with E-state index in [9.17, 15) is 4.79 Å². The smallest absolute Gasteiger partial charge is 0.231 e. The Morgan fingerprint density at radius 1 is 1.50 bits per heavy atom. The lowest BCUT2D eigenvalue weighted by atomic mass is 9.76. The number of piperidine rings is 1. The fourth-order valence-corrected chi connectivity index (χ4v) is 3.42. The average molecular weight is 386 g/mol. The predicted molar refractivity (Wildman–Crippen MR) is 92.0 cm³/mol. The Kier molecular flexibility index (Phi) is 5.43. The van der Waals surface area contributed by atoms with Crippen LogP contribution in [-0.2, 0) is 4.79 Å². The van der Waals surface area contributed by atoms with Crippen LogP contribution in [0.3, 0.4) is 0 Å². The maximum Gasteiger partial charge on any atom is 0.231 e. The fourth-order valence-electron chi connectivity index (χ4n) is 2.90. The first kappa shape index (κ1) is 15.8. The van der Waals surface area contributed by atoms with Crippen LogP contribution in [0.5, 0.6) is 0 Å². The molecule has 0 radical (unpaired) electrons. The Bertz CT molecular complexity index is 476. The molecule has 1 aromatic rings. The fraction of sp³-hybridized carbons (Fsp3) is 0.562. The molecule has 1 saturated heterocycles. The van der Waals surface area contributed by atoms with Gasteiger partial charge in [-0.1, -0.05) is 19.4 Å². The second-order valence-corrected chi connectivity index (χ2v) is 6.89. The molecule has 1 atom stereocenters. The van der Waals surface area contributed by atoms with Gasteiger partial charge >= 0.3 is 0 Å². The zero-order valence-corrected chi connectivity index (χ0v) is 14.4. The Balaban J connectivity index is 2.13. The molecule has 3 nitrogen and oxygen atoms in total. The quantitative estimate of drug-likeness (QED) is 0.775. The van der Waals surface area contributed by atoms with Crippen molar-refractivity contribution >= 4 is 34.2 Å². The molecule has 1 aliphatic rings. The van der Waals surface area contributed by atoms with Gasteiger partial charge in [0.15, 0.2) is 0 Å². The number of anilines is 1. The van der Waals surface area contributed by atoms with Crippen molar-refractivity contribution in [3.63, 3.8) is 0 Å². The summed E-state index contributed by atoms with van der Waals surface area (Å²) in [7, 11) is 0. The van der Waals surface area contributed by atoms with Crippen molar-refractivity contribution in [2.75, 3.05) is 18.4 Å². The van der Waals surface area contributed by atoms with Crippen LogP contribution in [0.1, 0.15) is 38.2 Å². The summed E-state index contributed by atoms with van der Waals surface area (Å²) < 4.78 is 1.19. The van der Waals surface area contributed by atoms with E-state index >= 15 is 0 Å². The third kappa shape index (κ3) is 3.52. The average Bonchev–Trinajstić information content (AvgIpc) is 2.44. The van der Waals surface area contributed by atoms with E-state index in [-0.39, 0.29) is 11.3 Å². The number of hydrogen-bond donors (Lipinski definition) is 2. The SMILES string of the molecule is CCCC1(C(=O)Nc2ccc(C)c(I)c2)CCCNC1. The lowest BCUT2D eigenvalue weighted by molar-refractivity contribution is -0.127. The van der Waals surface area contributed by atoms with Gasteiger partial charge < -0.3 is 10.6 Å². The van der Waals surface area contributed by atoms with Gasteiger partial charge in [-0.2, -0.15) is 0 Å². The molecule has 0 bridgehead atoms. The molecule has 2 N–H and O–H groups in total. The lowest BCUT2D eigenvalue weighted by Gasteiger charge is -2.36. The van der Waals surface area contributed by atoms with Gasteiger partial charge in [-0.05, 0) is 73.0 Å². The van der Waals surface area contributed by atoms with Crippen molar-refractivity contribution in [2.45, 2.75) is 39.5 Å². The van der Waals surface area contributed by atoms with Crippen molar-refractivity contribution in [1.29, 1.82) is 0 Å². The zero-order valence-electron chi connectivity index (χ0n) is 12.3. The molecule has 0 aromatic heterocycles. The van der Waals surface area contributed by atoms with E-state index in [0.717, 1.165) is 44.5 Å². The monoisotopic (exact) mass is 386 g/mol. The van der Waals surface area contributed by atoms with Crippen molar-refractivity contribution in [1.82, 2.24) is 5.32 Å². The van der Waals surface area contributed by atoms with Crippen LogP contribution < -0.4 is 10.6 Å². The van der Waals surface area contributed by atoms with E-state index in [1.54, 1.807) is 0 Å². The van der Waals surface area contributed by atoms with E-state index in [2.05, 4.69) is 53.1 Å². The molecular formula is C16H23IN2O. The van der Waals surface area contributed by atoms with Gasteiger partial charge in [-0.25, -0.2) is 0 Å². The number of benzene rings is 1. The van der Waals surface area contributed by atoms with Gasteiger partial charge in [-0.3, -0.25) is 4.79 Å². The highest BCUT2D eigenvalue weighted by Gasteiger charge is 2.38. The van der Waals surface area contributed by atoms with Gasteiger partial charge in [0.05, 0.1) is 5.41 Å². The van der Waals surface area contributed by atoms with Crippen LogP contribution in [0.2, 0.25) is 0 Å². The van der Waals surface area contributed by atoms with Crippen molar-refractivity contribution in [3.8, 4) is 0 Å². The molecule has 1 amide bonds. The molecule has 1 unspecified atom stereocenters. The van der Waals surface area contributed by atoms with Crippen molar-refractivity contribution in [3.05, 3.63) is 27.3 Å². The number of halogens is 1. The summed E-state index contributed by atoms with van der Waals surface area (Å²) >= 11 is 2.31. The Morgan fingerprint density at radius 2 is 2.30 bits per heavy atom. The van der Waals surface area contributed by atoms with E-state index in [1.807, 2.05) is 12.1 Å². The number of carbonyl (C=O) groups is 1. The van der Waals surface area contributed by atoms with E-state index in [4.69, 9.17) is 0 Å². The minimum Gasteiger partial charge on any atom is -0.326 e. The van der Waals surface area contributed by atoms with Gasteiger partial charge in [-0.15, -0.1) is 0 Å². The van der Waals surface area contributed by atoms with Gasteiger partial charge in [0, 0.05) is 15.8 Å². The van der Waals surface area contributed by atoms with Crippen molar-refractivity contribution in [2.24, 2.45) is 5.41 Å². The van der Waals surface area contributed by atoms with Gasteiger partial charge in [0.2, 0.25) is 5.91 Å². The van der Waals surface area contributed by atoms with Crippen LogP contribution >= 0.6 is 22.6 Å². The first-order chi connectivity index (χ1) is 9.57. The molecule has 1 heterocycles. The van der Waals surface area contributed by atoms with Gasteiger partial charge in [0.1, 0.15) is 0 Å². The molecule has 20 heavy (non-hydrogen) atoms. The summed E-state index contributed by atoms with van der Waals surface area (Å²) in [5.41, 5.74) is 1.92. The van der Waals surface area contributed by atoms with Crippen molar-refractivity contribution < 1.29 is 4.79 Å². The van der Waals surface area contributed by atoms with E-state index in [0.29, 0.717) is 0 Å². The summed E-state index contributed by atoms with van der Waals surface area (Å²) in [5.74, 6) is 0.172. The van der Waals surface area contributed by atoms with Crippen LogP contribution in [0.4, 0.5) is 5.69 Å². The topological polar surface area (TPSA) is 41.1 Å². The molecular weight excluding hydrogens is 363 g/mol. The molecule has 1 aromatic carbocycles. The Morgan fingerprint density at radius 3 is 2.90 bits per heavy atom. The molecule has 2 rings (SSSR count). The molecule has 0 aliphatic carbocycles. The number of hydrogen-bond acceptors (Lipinski definition) is 2. The molecule has 1 fully saturated rings. The summed E-state index contributed by atoms with van der Waals surface area (Å²) in [6.45, 7) is 6.06. The maximum absolute atomic E-state index is 12.7. The highest BCUT2D eigenvalue weighted by atomic mass is 127. The Hall–Kier alpha value is -0.620. The zero-order chi connectivity index (χ0) is 14.6. The molecule has 0 spiro atoms. The number of nitrogens with one attached hydrogen (secondary N) is 2. The molecule has 110 valence electrons. The summed E-state index contributed by atoms with van der Waals surface area (Å²) in [6, 6.07) is 6.10. The Labute approximate surface area is 135 Å². The minimum absolute atomic E-state index is 0.172. The third-order valence-corrected chi connectivity index (χ3v) is 5.27.